The van der Waals surface area contributed by atoms with E-state index in [1.165, 1.54) is 5.56 Å². The molecule has 1 saturated heterocycles. The molecule has 3 aromatic heterocycles. The van der Waals surface area contributed by atoms with Gasteiger partial charge in [-0.3, -0.25) is 0 Å². The Morgan fingerprint density at radius 1 is 1.23 bits per heavy atom. The molecule has 0 spiro atoms. The molecule has 0 aromatic carbocycles. The largest absolute Gasteiger partial charge is 0.354 e. The average molecular weight is 369 g/mol. The first kappa shape index (κ1) is 17.0. The summed E-state index contributed by atoms with van der Waals surface area (Å²) in [6.45, 7) is 4.73. The van der Waals surface area contributed by atoms with Crippen molar-refractivity contribution in [3.63, 3.8) is 0 Å². The molecule has 4 heterocycles. The van der Waals surface area contributed by atoms with Crippen molar-refractivity contribution >= 4 is 17.4 Å². The summed E-state index contributed by atoms with van der Waals surface area (Å²) in [5.41, 5.74) is 2.29. The summed E-state index contributed by atoms with van der Waals surface area (Å²) in [6.07, 6.45) is 8.45. The van der Waals surface area contributed by atoms with Crippen LogP contribution in [0.1, 0.15) is 17.5 Å². The van der Waals surface area contributed by atoms with Gasteiger partial charge in [-0.05, 0) is 48.7 Å². The number of hydrogen-bond acceptors (Lipinski definition) is 5. The molecule has 6 nitrogen and oxygen atoms in total. The fourth-order valence-corrected chi connectivity index (χ4v) is 3.59. The molecule has 134 valence electrons. The van der Waals surface area contributed by atoms with E-state index in [1.54, 1.807) is 17.1 Å². The Morgan fingerprint density at radius 2 is 2.15 bits per heavy atom. The Kier molecular flexibility index (Phi) is 4.86. The third-order valence-corrected chi connectivity index (χ3v) is 4.95. The number of aromatic nitrogens is 4. The summed E-state index contributed by atoms with van der Waals surface area (Å²) in [5, 5.41) is 8.58. The van der Waals surface area contributed by atoms with Gasteiger partial charge in [-0.2, -0.15) is 5.10 Å². The SMILES string of the molecule is Cc1cc(CNC2CCN(c3ncccc3Cl)C2)cnc1-n1cccn1. The molecular formula is C19H21ClN6. The first-order chi connectivity index (χ1) is 12.7. The van der Waals surface area contributed by atoms with Crippen molar-refractivity contribution in [1.29, 1.82) is 0 Å². The van der Waals surface area contributed by atoms with Gasteiger partial charge in [-0.1, -0.05) is 11.6 Å². The third kappa shape index (κ3) is 3.57. The number of pyridine rings is 2. The lowest BCUT2D eigenvalue weighted by molar-refractivity contribution is 0.550. The number of aryl methyl sites for hydroxylation is 1. The van der Waals surface area contributed by atoms with Crippen LogP contribution >= 0.6 is 11.6 Å². The topological polar surface area (TPSA) is 58.9 Å². The van der Waals surface area contributed by atoms with Gasteiger partial charge in [0.2, 0.25) is 0 Å². The predicted octanol–water partition coefficient (Wildman–Crippen LogP) is 2.99. The van der Waals surface area contributed by atoms with E-state index in [2.05, 4.69) is 38.3 Å². The molecule has 7 heteroatoms. The minimum Gasteiger partial charge on any atom is -0.354 e. The van der Waals surface area contributed by atoms with Gasteiger partial charge < -0.3 is 10.2 Å². The molecule has 26 heavy (non-hydrogen) atoms. The van der Waals surface area contributed by atoms with Crippen LogP contribution in [0.2, 0.25) is 5.02 Å². The number of nitrogens with one attached hydrogen (secondary N) is 1. The van der Waals surface area contributed by atoms with E-state index >= 15 is 0 Å². The smallest absolute Gasteiger partial charge is 0.156 e. The van der Waals surface area contributed by atoms with Crippen LogP contribution in [0.4, 0.5) is 5.82 Å². The van der Waals surface area contributed by atoms with Crippen molar-refractivity contribution < 1.29 is 0 Å². The van der Waals surface area contributed by atoms with Crippen LogP contribution in [0.3, 0.4) is 0 Å². The second-order valence-electron chi connectivity index (χ2n) is 6.56. The van der Waals surface area contributed by atoms with Gasteiger partial charge in [0.15, 0.2) is 5.82 Å². The Balaban J connectivity index is 1.36. The Morgan fingerprint density at radius 3 is 2.92 bits per heavy atom. The molecule has 0 radical (unpaired) electrons. The zero-order valence-corrected chi connectivity index (χ0v) is 15.4. The maximum absolute atomic E-state index is 6.26. The maximum atomic E-state index is 6.26. The molecule has 4 rings (SSSR count). The molecule has 1 N–H and O–H groups in total. The van der Waals surface area contributed by atoms with Crippen LogP contribution in [0.15, 0.2) is 49.1 Å². The summed E-state index contributed by atoms with van der Waals surface area (Å²) < 4.78 is 1.79. The molecule has 1 unspecified atom stereocenters. The normalized spacial score (nSPS) is 17.0. The first-order valence-corrected chi connectivity index (χ1v) is 9.13. The fraction of sp³-hybridized carbons (Fsp3) is 0.316. The molecule has 1 atom stereocenters. The maximum Gasteiger partial charge on any atom is 0.156 e. The number of anilines is 1. The van der Waals surface area contributed by atoms with Gasteiger partial charge in [0.1, 0.15) is 5.82 Å². The predicted molar refractivity (Wildman–Crippen MR) is 103 cm³/mol. The first-order valence-electron chi connectivity index (χ1n) is 8.75. The summed E-state index contributed by atoms with van der Waals surface area (Å²) >= 11 is 6.26. The lowest BCUT2D eigenvalue weighted by atomic mass is 10.2. The number of hydrogen-bond donors (Lipinski definition) is 1. The van der Waals surface area contributed by atoms with Gasteiger partial charge in [-0.25, -0.2) is 14.6 Å². The minimum absolute atomic E-state index is 0.416. The monoisotopic (exact) mass is 368 g/mol. The van der Waals surface area contributed by atoms with Crippen molar-refractivity contribution in [1.82, 2.24) is 25.1 Å². The highest BCUT2D eigenvalue weighted by atomic mass is 35.5. The number of halogens is 1. The van der Waals surface area contributed by atoms with Crippen molar-refractivity contribution in [2.45, 2.75) is 25.9 Å². The lowest BCUT2D eigenvalue weighted by Gasteiger charge is -2.19. The van der Waals surface area contributed by atoms with Crippen LogP contribution in [0.5, 0.6) is 0 Å². The third-order valence-electron chi connectivity index (χ3n) is 4.65. The highest BCUT2D eigenvalue weighted by Gasteiger charge is 2.24. The molecule has 1 aliphatic heterocycles. The van der Waals surface area contributed by atoms with E-state index in [1.807, 2.05) is 30.6 Å². The van der Waals surface area contributed by atoms with Crippen LogP contribution in [0.25, 0.3) is 5.82 Å². The van der Waals surface area contributed by atoms with Crippen molar-refractivity contribution in [2.75, 3.05) is 18.0 Å². The second kappa shape index (κ2) is 7.43. The minimum atomic E-state index is 0.416. The van der Waals surface area contributed by atoms with E-state index in [9.17, 15) is 0 Å². The van der Waals surface area contributed by atoms with E-state index < -0.39 is 0 Å². The van der Waals surface area contributed by atoms with Gasteiger partial charge in [0.25, 0.3) is 0 Å². The van der Waals surface area contributed by atoms with Crippen LogP contribution in [-0.2, 0) is 6.54 Å². The zero-order valence-electron chi connectivity index (χ0n) is 14.6. The Hall–Kier alpha value is -2.44. The van der Waals surface area contributed by atoms with Gasteiger partial charge in [-0.15, -0.1) is 0 Å². The van der Waals surface area contributed by atoms with Gasteiger partial charge >= 0.3 is 0 Å². The molecule has 0 aliphatic carbocycles. The zero-order chi connectivity index (χ0) is 17.9. The summed E-state index contributed by atoms with van der Waals surface area (Å²) in [7, 11) is 0. The standard InChI is InChI=1S/C19H21ClN6/c1-14-10-15(12-23-18(14)26-8-3-7-24-26)11-22-16-5-9-25(13-16)19-17(20)4-2-6-21-19/h2-4,6-8,10,12,16,22H,5,9,11,13H2,1H3. The summed E-state index contributed by atoms with van der Waals surface area (Å²) in [4.78, 5) is 11.2. The highest BCUT2D eigenvalue weighted by molar-refractivity contribution is 6.32. The van der Waals surface area contributed by atoms with E-state index in [0.717, 1.165) is 43.3 Å². The molecule has 1 aliphatic rings. The fourth-order valence-electron chi connectivity index (χ4n) is 3.35. The van der Waals surface area contributed by atoms with Crippen LogP contribution in [-0.4, -0.2) is 38.9 Å². The summed E-state index contributed by atoms with van der Waals surface area (Å²) in [5.74, 6) is 1.75. The molecule has 0 amide bonds. The second-order valence-corrected chi connectivity index (χ2v) is 6.96. The lowest BCUT2D eigenvalue weighted by Crippen LogP contribution is -2.32. The number of nitrogens with zero attached hydrogens (tertiary/aromatic N) is 5. The molecular weight excluding hydrogens is 348 g/mol. The Bertz CT molecular complexity index is 879. The molecule has 0 bridgehead atoms. The molecule has 1 fully saturated rings. The average Bonchev–Trinajstić information content (AvgIpc) is 3.32. The van der Waals surface area contributed by atoms with E-state index in [-0.39, 0.29) is 0 Å². The molecule has 3 aromatic rings. The van der Waals surface area contributed by atoms with Crippen LogP contribution < -0.4 is 10.2 Å². The van der Waals surface area contributed by atoms with Crippen LogP contribution in [0, 0.1) is 6.92 Å². The van der Waals surface area contributed by atoms with Crippen molar-refractivity contribution in [2.24, 2.45) is 0 Å². The van der Waals surface area contributed by atoms with E-state index in [0.29, 0.717) is 11.1 Å². The van der Waals surface area contributed by atoms with Crippen molar-refractivity contribution in [3.05, 3.63) is 65.2 Å². The van der Waals surface area contributed by atoms with Gasteiger partial charge in [0.05, 0.1) is 5.02 Å². The van der Waals surface area contributed by atoms with Crippen molar-refractivity contribution in [3.8, 4) is 5.82 Å². The number of rotatable bonds is 5. The van der Waals surface area contributed by atoms with Gasteiger partial charge in [0, 0.05) is 50.5 Å². The molecule has 0 saturated carbocycles. The van der Waals surface area contributed by atoms with E-state index in [4.69, 9.17) is 11.6 Å². The Labute approximate surface area is 157 Å². The highest BCUT2D eigenvalue weighted by Crippen LogP contribution is 2.25. The summed E-state index contributed by atoms with van der Waals surface area (Å²) in [6, 6.07) is 8.23. The quantitative estimate of drug-likeness (QED) is 0.750.